The Hall–Kier alpha value is -1.53. The van der Waals surface area contributed by atoms with E-state index >= 15 is 0 Å². The Kier molecular flexibility index (Phi) is 5.43. The minimum absolute atomic E-state index is 0.222. The van der Waals surface area contributed by atoms with Crippen molar-refractivity contribution >= 4 is 0 Å². The SMILES string of the molecule is Cc1cccc(OCC(CC#N)N2CCCCC2)c1C. The van der Waals surface area contributed by atoms with Crippen LogP contribution in [0, 0.1) is 25.2 Å². The average Bonchev–Trinajstić information content (AvgIpc) is 2.48. The molecule has 0 bridgehead atoms. The predicted octanol–water partition coefficient (Wildman–Crippen LogP) is 3.45. The Bertz CT molecular complexity index is 472. The monoisotopic (exact) mass is 272 g/mol. The standard InChI is InChI=1S/C17H24N2O/c1-14-7-6-8-17(15(14)2)20-13-16(9-10-18)19-11-4-3-5-12-19/h6-8,16H,3-5,9,11-13H2,1-2H3. The van der Waals surface area contributed by atoms with Crippen molar-refractivity contribution in [3.05, 3.63) is 29.3 Å². The third-order valence-electron chi connectivity index (χ3n) is 4.22. The number of benzene rings is 1. The smallest absolute Gasteiger partial charge is 0.122 e. The van der Waals surface area contributed by atoms with Crippen LogP contribution >= 0.6 is 0 Å². The van der Waals surface area contributed by atoms with Crippen LogP contribution < -0.4 is 4.74 Å². The Balaban J connectivity index is 1.98. The second-order valence-electron chi connectivity index (χ2n) is 5.62. The molecule has 108 valence electrons. The molecule has 3 heteroatoms. The van der Waals surface area contributed by atoms with E-state index in [0.29, 0.717) is 13.0 Å². The summed E-state index contributed by atoms with van der Waals surface area (Å²) in [6, 6.07) is 8.67. The Labute approximate surface area is 122 Å². The van der Waals surface area contributed by atoms with Gasteiger partial charge in [0.1, 0.15) is 12.4 Å². The van der Waals surface area contributed by atoms with Gasteiger partial charge in [-0.15, -0.1) is 0 Å². The molecule has 20 heavy (non-hydrogen) atoms. The van der Waals surface area contributed by atoms with Gasteiger partial charge in [-0.05, 0) is 57.0 Å². The highest BCUT2D eigenvalue weighted by molar-refractivity contribution is 5.38. The minimum atomic E-state index is 0.222. The average molecular weight is 272 g/mol. The van der Waals surface area contributed by atoms with E-state index in [0.717, 1.165) is 18.8 Å². The number of piperidine rings is 1. The maximum atomic E-state index is 9.03. The molecule has 1 aromatic rings. The maximum absolute atomic E-state index is 9.03. The molecular formula is C17H24N2O. The van der Waals surface area contributed by atoms with Crippen molar-refractivity contribution in [1.82, 2.24) is 4.90 Å². The molecule has 0 N–H and O–H groups in total. The molecule has 1 saturated heterocycles. The second kappa shape index (κ2) is 7.31. The van der Waals surface area contributed by atoms with Crippen molar-refractivity contribution in [2.24, 2.45) is 0 Å². The lowest BCUT2D eigenvalue weighted by atomic mass is 10.1. The van der Waals surface area contributed by atoms with Gasteiger partial charge in [-0.3, -0.25) is 4.90 Å². The van der Waals surface area contributed by atoms with Gasteiger partial charge in [-0.25, -0.2) is 0 Å². The Morgan fingerprint density at radius 3 is 2.70 bits per heavy atom. The lowest BCUT2D eigenvalue weighted by Gasteiger charge is -2.33. The lowest BCUT2D eigenvalue weighted by Crippen LogP contribution is -2.42. The number of hydrogen-bond acceptors (Lipinski definition) is 3. The van der Waals surface area contributed by atoms with Crippen molar-refractivity contribution in [2.75, 3.05) is 19.7 Å². The summed E-state index contributed by atoms with van der Waals surface area (Å²) in [5.74, 6) is 0.949. The van der Waals surface area contributed by atoms with E-state index in [1.54, 1.807) is 0 Å². The summed E-state index contributed by atoms with van der Waals surface area (Å²) in [5.41, 5.74) is 2.44. The van der Waals surface area contributed by atoms with E-state index in [4.69, 9.17) is 10.00 Å². The van der Waals surface area contributed by atoms with Crippen LogP contribution in [0.4, 0.5) is 0 Å². The normalized spacial score (nSPS) is 17.4. The summed E-state index contributed by atoms with van der Waals surface area (Å²) < 4.78 is 5.99. The van der Waals surface area contributed by atoms with Crippen LogP contribution in [0.15, 0.2) is 18.2 Å². The van der Waals surface area contributed by atoms with Crippen molar-refractivity contribution in [3.63, 3.8) is 0 Å². The third kappa shape index (κ3) is 3.74. The fourth-order valence-electron chi connectivity index (χ4n) is 2.75. The van der Waals surface area contributed by atoms with E-state index in [1.165, 1.54) is 30.4 Å². The van der Waals surface area contributed by atoms with E-state index in [-0.39, 0.29) is 6.04 Å². The summed E-state index contributed by atoms with van der Waals surface area (Å²) in [6.07, 6.45) is 4.34. The first-order valence-corrected chi connectivity index (χ1v) is 7.52. The van der Waals surface area contributed by atoms with Crippen molar-refractivity contribution in [2.45, 2.75) is 45.6 Å². The molecule has 1 atom stereocenters. The van der Waals surface area contributed by atoms with Gasteiger partial charge in [0.2, 0.25) is 0 Å². The molecule has 0 amide bonds. The summed E-state index contributed by atoms with van der Waals surface area (Å²) in [5, 5.41) is 9.03. The summed E-state index contributed by atoms with van der Waals surface area (Å²) in [4.78, 5) is 2.41. The van der Waals surface area contributed by atoms with Crippen LogP contribution in [0.5, 0.6) is 5.75 Å². The summed E-state index contributed by atoms with van der Waals surface area (Å²) in [6.45, 7) is 6.99. The lowest BCUT2D eigenvalue weighted by molar-refractivity contribution is 0.116. The highest BCUT2D eigenvalue weighted by Crippen LogP contribution is 2.22. The molecule has 1 aromatic carbocycles. The molecule has 1 aliphatic rings. The number of rotatable bonds is 5. The maximum Gasteiger partial charge on any atom is 0.122 e. The molecule has 0 spiro atoms. The molecule has 3 nitrogen and oxygen atoms in total. The first-order chi connectivity index (χ1) is 9.72. The molecular weight excluding hydrogens is 248 g/mol. The number of nitrogens with zero attached hydrogens (tertiary/aromatic N) is 2. The fraction of sp³-hybridized carbons (Fsp3) is 0.588. The highest BCUT2D eigenvalue weighted by Gasteiger charge is 2.21. The molecule has 0 radical (unpaired) electrons. The molecule has 0 aromatic heterocycles. The predicted molar refractivity (Wildman–Crippen MR) is 80.9 cm³/mol. The molecule has 0 saturated carbocycles. The first-order valence-electron chi connectivity index (χ1n) is 7.52. The van der Waals surface area contributed by atoms with E-state index in [2.05, 4.69) is 30.9 Å². The van der Waals surface area contributed by atoms with Crippen LogP contribution in [0.2, 0.25) is 0 Å². The van der Waals surface area contributed by atoms with Crippen LogP contribution in [0.25, 0.3) is 0 Å². The number of ether oxygens (including phenoxy) is 1. The topological polar surface area (TPSA) is 36.3 Å². The van der Waals surface area contributed by atoms with Crippen LogP contribution in [-0.2, 0) is 0 Å². The Morgan fingerprint density at radius 1 is 1.25 bits per heavy atom. The molecule has 0 aliphatic carbocycles. The highest BCUT2D eigenvalue weighted by atomic mass is 16.5. The quantitative estimate of drug-likeness (QED) is 0.823. The van der Waals surface area contributed by atoms with E-state index in [1.807, 2.05) is 12.1 Å². The van der Waals surface area contributed by atoms with Gasteiger partial charge in [0.15, 0.2) is 0 Å². The van der Waals surface area contributed by atoms with Gasteiger partial charge in [-0.2, -0.15) is 5.26 Å². The molecule has 1 aliphatic heterocycles. The number of aryl methyl sites for hydroxylation is 1. The fourth-order valence-corrected chi connectivity index (χ4v) is 2.75. The number of hydrogen-bond donors (Lipinski definition) is 0. The van der Waals surface area contributed by atoms with Crippen molar-refractivity contribution in [3.8, 4) is 11.8 Å². The van der Waals surface area contributed by atoms with Crippen molar-refractivity contribution < 1.29 is 4.74 Å². The zero-order chi connectivity index (χ0) is 14.4. The summed E-state index contributed by atoms with van der Waals surface area (Å²) in [7, 11) is 0. The van der Waals surface area contributed by atoms with Crippen LogP contribution in [-0.4, -0.2) is 30.6 Å². The molecule has 1 heterocycles. The zero-order valence-corrected chi connectivity index (χ0v) is 12.6. The first kappa shape index (κ1) is 14.9. The van der Waals surface area contributed by atoms with Gasteiger partial charge >= 0.3 is 0 Å². The van der Waals surface area contributed by atoms with E-state index in [9.17, 15) is 0 Å². The van der Waals surface area contributed by atoms with Crippen molar-refractivity contribution in [1.29, 1.82) is 5.26 Å². The van der Waals surface area contributed by atoms with Gasteiger partial charge in [0.25, 0.3) is 0 Å². The van der Waals surface area contributed by atoms with Gasteiger partial charge in [0, 0.05) is 0 Å². The number of likely N-dealkylation sites (tertiary alicyclic amines) is 1. The van der Waals surface area contributed by atoms with Gasteiger partial charge in [0.05, 0.1) is 18.5 Å². The minimum Gasteiger partial charge on any atom is -0.492 e. The third-order valence-corrected chi connectivity index (χ3v) is 4.22. The van der Waals surface area contributed by atoms with E-state index < -0.39 is 0 Å². The summed E-state index contributed by atoms with van der Waals surface area (Å²) >= 11 is 0. The molecule has 1 fully saturated rings. The van der Waals surface area contributed by atoms with Crippen LogP contribution in [0.1, 0.15) is 36.8 Å². The zero-order valence-electron chi connectivity index (χ0n) is 12.6. The van der Waals surface area contributed by atoms with Crippen LogP contribution in [0.3, 0.4) is 0 Å². The molecule has 1 unspecified atom stereocenters. The largest absolute Gasteiger partial charge is 0.492 e. The Morgan fingerprint density at radius 2 is 2.00 bits per heavy atom. The molecule has 2 rings (SSSR count). The van der Waals surface area contributed by atoms with Gasteiger partial charge in [-0.1, -0.05) is 18.6 Å². The van der Waals surface area contributed by atoms with Gasteiger partial charge < -0.3 is 4.74 Å². The number of nitriles is 1. The second-order valence-corrected chi connectivity index (χ2v) is 5.62.